The summed E-state index contributed by atoms with van der Waals surface area (Å²) in [5, 5.41) is 0. The minimum absolute atomic E-state index is 0.340. The number of anilines is 1. The molecule has 0 saturated heterocycles. The summed E-state index contributed by atoms with van der Waals surface area (Å²) in [5.74, 6) is 1.04. The lowest BCUT2D eigenvalue weighted by molar-refractivity contribution is -0.119. The average molecular weight is 448 g/mol. The molecule has 164 valence electrons. The van der Waals surface area contributed by atoms with Gasteiger partial charge in [0.25, 0.3) is 11.8 Å². The van der Waals surface area contributed by atoms with Crippen molar-refractivity contribution in [1.29, 1.82) is 0 Å². The molecule has 1 aliphatic rings. The Kier molecular flexibility index (Phi) is 6.51. The number of benzene rings is 2. The van der Waals surface area contributed by atoms with E-state index < -0.39 is 0 Å². The number of furan rings is 1. The van der Waals surface area contributed by atoms with Gasteiger partial charge in [-0.2, -0.15) is 0 Å². The van der Waals surface area contributed by atoms with Crippen LogP contribution in [0.1, 0.15) is 35.8 Å². The minimum Gasteiger partial charge on any atom is -0.491 e. The average Bonchev–Trinajstić information content (AvgIpc) is 3.39. The highest BCUT2D eigenvalue weighted by molar-refractivity contribution is 8.03. The number of nitrogens with zero attached hydrogens (tertiary/aromatic N) is 1. The van der Waals surface area contributed by atoms with E-state index in [1.54, 1.807) is 24.5 Å². The maximum Gasteiger partial charge on any atom is 0.272 e. The van der Waals surface area contributed by atoms with Gasteiger partial charge < -0.3 is 9.15 Å². The standard InChI is InChI=1S/C26H25NO4S/c1-4-13-31-22-10-6-5-9-21(22)27-25(28)23(19-12-11-17(2)18(3)15-19)24(26(27)29)32-16-20-8-7-14-30-20/h5-12,14-15H,4,13,16H2,1-3H3. The SMILES string of the molecule is CCCOc1ccccc1N1C(=O)C(SCc2ccco2)=C(c2ccc(C)c(C)c2)C1=O. The predicted molar refractivity (Wildman–Crippen MR) is 128 cm³/mol. The van der Waals surface area contributed by atoms with Crippen LogP contribution in [0.15, 0.2) is 70.2 Å². The topological polar surface area (TPSA) is 59.8 Å². The van der Waals surface area contributed by atoms with Gasteiger partial charge in [-0.05, 0) is 61.2 Å². The first-order chi connectivity index (χ1) is 15.5. The molecule has 32 heavy (non-hydrogen) atoms. The summed E-state index contributed by atoms with van der Waals surface area (Å²) in [6, 6.07) is 16.7. The molecule has 0 fully saturated rings. The van der Waals surface area contributed by atoms with Crippen LogP contribution >= 0.6 is 11.8 Å². The molecule has 2 amide bonds. The summed E-state index contributed by atoms with van der Waals surface area (Å²) >= 11 is 1.32. The van der Waals surface area contributed by atoms with Crippen molar-refractivity contribution in [2.24, 2.45) is 0 Å². The summed E-state index contributed by atoms with van der Waals surface area (Å²) in [4.78, 5) is 28.9. The van der Waals surface area contributed by atoms with Crippen LogP contribution in [0.4, 0.5) is 5.69 Å². The number of hydrogen-bond acceptors (Lipinski definition) is 5. The molecular weight excluding hydrogens is 422 g/mol. The van der Waals surface area contributed by atoms with Crippen molar-refractivity contribution >= 4 is 34.8 Å². The Bertz CT molecular complexity index is 1180. The summed E-state index contributed by atoms with van der Waals surface area (Å²) in [6.45, 7) is 6.54. The summed E-state index contributed by atoms with van der Waals surface area (Å²) in [5.41, 5.74) is 3.82. The molecule has 1 aromatic heterocycles. The number of hydrogen-bond donors (Lipinski definition) is 0. The molecule has 0 unspecified atom stereocenters. The van der Waals surface area contributed by atoms with Crippen LogP contribution in [0.25, 0.3) is 5.57 Å². The van der Waals surface area contributed by atoms with Crippen LogP contribution in [0, 0.1) is 13.8 Å². The van der Waals surface area contributed by atoms with E-state index in [9.17, 15) is 9.59 Å². The number of carbonyl (C=O) groups excluding carboxylic acids is 2. The zero-order valence-electron chi connectivity index (χ0n) is 18.4. The number of para-hydroxylation sites is 2. The van der Waals surface area contributed by atoms with Gasteiger partial charge in [0.1, 0.15) is 11.5 Å². The van der Waals surface area contributed by atoms with Crippen LogP contribution in [0.2, 0.25) is 0 Å². The van der Waals surface area contributed by atoms with Gasteiger partial charge in [0.15, 0.2) is 0 Å². The van der Waals surface area contributed by atoms with E-state index >= 15 is 0 Å². The van der Waals surface area contributed by atoms with E-state index in [-0.39, 0.29) is 11.8 Å². The van der Waals surface area contributed by atoms with E-state index in [1.165, 1.54) is 16.7 Å². The van der Waals surface area contributed by atoms with E-state index in [4.69, 9.17) is 9.15 Å². The smallest absolute Gasteiger partial charge is 0.272 e. The second-order valence-corrected chi connectivity index (χ2v) is 8.62. The molecule has 1 aliphatic heterocycles. The third-order valence-electron chi connectivity index (χ3n) is 5.34. The van der Waals surface area contributed by atoms with Crippen LogP contribution < -0.4 is 9.64 Å². The van der Waals surface area contributed by atoms with Crippen molar-refractivity contribution in [2.45, 2.75) is 32.9 Å². The zero-order valence-corrected chi connectivity index (χ0v) is 19.2. The Hall–Kier alpha value is -3.25. The van der Waals surface area contributed by atoms with Crippen LogP contribution in [-0.2, 0) is 15.3 Å². The maximum atomic E-state index is 13.7. The molecule has 0 aliphatic carbocycles. The van der Waals surface area contributed by atoms with Gasteiger partial charge in [0.2, 0.25) is 0 Å². The van der Waals surface area contributed by atoms with Crippen molar-refractivity contribution in [3.8, 4) is 5.75 Å². The van der Waals surface area contributed by atoms with Crippen molar-refractivity contribution in [1.82, 2.24) is 0 Å². The normalized spacial score (nSPS) is 13.9. The van der Waals surface area contributed by atoms with E-state index in [1.807, 2.05) is 57.2 Å². The van der Waals surface area contributed by atoms with E-state index in [0.717, 1.165) is 28.9 Å². The number of amides is 2. The van der Waals surface area contributed by atoms with Gasteiger partial charge in [-0.1, -0.05) is 37.3 Å². The highest BCUT2D eigenvalue weighted by atomic mass is 32.2. The molecule has 2 heterocycles. The van der Waals surface area contributed by atoms with Gasteiger partial charge >= 0.3 is 0 Å². The Morgan fingerprint density at radius 1 is 0.969 bits per heavy atom. The lowest BCUT2D eigenvalue weighted by atomic mass is 10.0. The Labute approximate surface area is 192 Å². The molecule has 0 saturated carbocycles. The summed E-state index contributed by atoms with van der Waals surface area (Å²) < 4.78 is 11.3. The number of carbonyl (C=O) groups is 2. The minimum atomic E-state index is -0.340. The zero-order chi connectivity index (χ0) is 22.7. The molecule has 0 radical (unpaired) electrons. The van der Waals surface area contributed by atoms with Crippen molar-refractivity contribution in [3.63, 3.8) is 0 Å². The number of ether oxygens (including phenoxy) is 1. The van der Waals surface area contributed by atoms with Crippen molar-refractivity contribution < 1.29 is 18.7 Å². The van der Waals surface area contributed by atoms with Crippen LogP contribution in [-0.4, -0.2) is 18.4 Å². The highest BCUT2D eigenvalue weighted by Crippen LogP contribution is 2.42. The van der Waals surface area contributed by atoms with Crippen molar-refractivity contribution in [2.75, 3.05) is 11.5 Å². The largest absolute Gasteiger partial charge is 0.491 e. The number of rotatable bonds is 8. The van der Waals surface area contributed by atoms with Gasteiger partial charge in [-0.25, -0.2) is 4.90 Å². The third kappa shape index (κ3) is 4.23. The molecule has 5 nitrogen and oxygen atoms in total. The second kappa shape index (κ2) is 9.49. The van der Waals surface area contributed by atoms with Crippen LogP contribution in [0.5, 0.6) is 5.75 Å². The Morgan fingerprint density at radius 2 is 1.78 bits per heavy atom. The monoisotopic (exact) mass is 447 g/mol. The van der Waals surface area contributed by atoms with Gasteiger partial charge in [-0.3, -0.25) is 9.59 Å². The summed E-state index contributed by atoms with van der Waals surface area (Å²) in [7, 11) is 0. The quantitative estimate of drug-likeness (QED) is 0.402. The molecule has 0 spiro atoms. The Balaban J connectivity index is 1.77. The second-order valence-electron chi connectivity index (χ2n) is 7.63. The first-order valence-electron chi connectivity index (χ1n) is 10.6. The molecule has 0 atom stereocenters. The lowest BCUT2D eigenvalue weighted by Crippen LogP contribution is -2.31. The molecule has 2 aromatic carbocycles. The maximum absolute atomic E-state index is 13.7. The number of imide groups is 1. The molecule has 6 heteroatoms. The fourth-order valence-corrected chi connectivity index (χ4v) is 4.54. The van der Waals surface area contributed by atoms with Gasteiger partial charge in [0.05, 0.1) is 34.8 Å². The first kappa shape index (κ1) is 22.0. The number of thioether (sulfide) groups is 1. The fourth-order valence-electron chi connectivity index (χ4n) is 3.53. The lowest BCUT2D eigenvalue weighted by Gasteiger charge is -2.19. The molecule has 0 N–H and O–H groups in total. The fraction of sp³-hybridized carbons (Fsp3) is 0.231. The van der Waals surface area contributed by atoms with E-state index in [0.29, 0.717) is 34.3 Å². The van der Waals surface area contributed by atoms with Gasteiger partial charge in [-0.15, -0.1) is 11.8 Å². The first-order valence-corrected chi connectivity index (χ1v) is 11.6. The molecule has 4 rings (SSSR count). The molecular formula is C26H25NO4S. The summed E-state index contributed by atoms with van der Waals surface area (Å²) in [6.07, 6.45) is 2.43. The van der Waals surface area contributed by atoms with Gasteiger partial charge in [0, 0.05) is 0 Å². The van der Waals surface area contributed by atoms with Crippen molar-refractivity contribution in [3.05, 3.63) is 88.2 Å². The van der Waals surface area contributed by atoms with E-state index in [2.05, 4.69) is 0 Å². The highest BCUT2D eigenvalue weighted by Gasteiger charge is 2.41. The molecule has 0 bridgehead atoms. The third-order valence-corrected chi connectivity index (χ3v) is 6.44. The number of aryl methyl sites for hydroxylation is 2. The molecule has 3 aromatic rings. The predicted octanol–water partition coefficient (Wildman–Crippen LogP) is 5.90. The van der Waals surface area contributed by atoms with Crippen LogP contribution in [0.3, 0.4) is 0 Å². The Morgan fingerprint density at radius 3 is 2.50 bits per heavy atom.